The van der Waals surface area contributed by atoms with Crippen LogP contribution >= 0.6 is 27.3 Å². The highest BCUT2D eigenvalue weighted by molar-refractivity contribution is 9.10. The van der Waals surface area contributed by atoms with Gasteiger partial charge in [-0.05, 0) is 24.6 Å². The molecule has 2 nitrogen and oxygen atoms in total. The van der Waals surface area contributed by atoms with E-state index >= 15 is 0 Å². The molecule has 80 valence electrons. The van der Waals surface area contributed by atoms with E-state index < -0.39 is 0 Å². The number of hydrogen-bond acceptors (Lipinski definition) is 3. The predicted molar refractivity (Wildman–Crippen MR) is 71.3 cm³/mol. The molecule has 0 aliphatic carbocycles. The number of nitrogens with two attached hydrogens (primary N) is 1. The fourth-order valence-corrected chi connectivity index (χ4v) is 2.78. The Balaban J connectivity index is 2.61. The van der Waals surface area contributed by atoms with Gasteiger partial charge in [0.25, 0.3) is 0 Å². The Morgan fingerprint density at radius 2 is 1.94 bits per heavy atom. The van der Waals surface area contributed by atoms with Crippen molar-refractivity contribution < 1.29 is 0 Å². The average Bonchev–Trinajstić information content (AvgIpc) is 2.56. The van der Waals surface area contributed by atoms with E-state index in [1.54, 1.807) is 0 Å². The van der Waals surface area contributed by atoms with E-state index in [1.807, 2.05) is 31.2 Å². The average molecular weight is 293 g/mol. The lowest BCUT2D eigenvalue weighted by Gasteiger charge is -2.02. The number of nitrogens with zero attached hydrogens (tertiary/aromatic N) is 1. The van der Waals surface area contributed by atoms with Gasteiger partial charge in [0.15, 0.2) is 0 Å². The third-order valence-electron chi connectivity index (χ3n) is 2.36. The Morgan fingerprint density at radius 1 is 1.31 bits per heavy atom. The second-order valence-corrected chi connectivity index (χ2v) is 5.54. The highest BCUT2D eigenvalue weighted by atomic mass is 79.9. The number of halogens is 1. The molecule has 0 fully saturated rings. The molecule has 0 unspecified atom stereocenters. The first kappa shape index (κ1) is 11.2. The van der Waals surface area contributed by atoms with E-state index in [0.717, 1.165) is 20.5 Å². The van der Waals surface area contributed by atoms with Gasteiger partial charge in [-0.15, -0.1) is 11.3 Å². The van der Waals surface area contributed by atoms with Crippen molar-refractivity contribution in [3.8, 4) is 17.2 Å². The lowest BCUT2D eigenvalue weighted by Crippen LogP contribution is -1.88. The van der Waals surface area contributed by atoms with Crippen LogP contribution in [0.5, 0.6) is 0 Å². The zero-order chi connectivity index (χ0) is 11.7. The molecule has 0 spiro atoms. The maximum Gasteiger partial charge on any atom is 0.128 e. The van der Waals surface area contributed by atoms with Gasteiger partial charge in [0.1, 0.15) is 10.9 Å². The molecule has 4 heteroatoms. The fourth-order valence-electron chi connectivity index (χ4n) is 1.62. The molecule has 2 aromatic rings. The molecule has 1 aromatic heterocycles. The summed E-state index contributed by atoms with van der Waals surface area (Å²) < 4.78 is 1.03. The van der Waals surface area contributed by atoms with Gasteiger partial charge in [-0.25, -0.2) is 0 Å². The highest BCUT2D eigenvalue weighted by Gasteiger charge is 2.14. The molecular formula is C12H9BrN2S. The largest absolute Gasteiger partial charge is 0.396 e. The molecule has 0 bridgehead atoms. The number of thiophene rings is 1. The van der Waals surface area contributed by atoms with E-state index in [2.05, 4.69) is 22.0 Å². The maximum atomic E-state index is 8.92. The van der Waals surface area contributed by atoms with E-state index in [0.29, 0.717) is 10.6 Å². The van der Waals surface area contributed by atoms with Crippen LogP contribution in [-0.4, -0.2) is 0 Å². The summed E-state index contributed by atoms with van der Waals surface area (Å²) in [6.07, 6.45) is 0. The summed E-state index contributed by atoms with van der Waals surface area (Å²) >= 11 is 4.84. The van der Waals surface area contributed by atoms with E-state index in [-0.39, 0.29) is 0 Å². The van der Waals surface area contributed by atoms with Crippen LogP contribution in [-0.2, 0) is 0 Å². The van der Waals surface area contributed by atoms with Gasteiger partial charge >= 0.3 is 0 Å². The highest BCUT2D eigenvalue weighted by Crippen LogP contribution is 2.38. The van der Waals surface area contributed by atoms with Gasteiger partial charge in [-0.3, -0.25) is 0 Å². The standard InChI is InChI=1S/C12H9BrN2S/c1-7-11(12(15)10(6-14)16-7)8-2-4-9(13)5-3-8/h2-5H,15H2,1H3. The first-order valence-corrected chi connectivity index (χ1v) is 6.29. The quantitative estimate of drug-likeness (QED) is 0.865. The van der Waals surface area contributed by atoms with Crippen molar-refractivity contribution in [2.45, 2.75) is 6.92 Å². The molecule has 0 atom stereocenters. The summed E-state index contributed by atoms with van der Waals surface area (Å²) in [6, 6.07) is 10.1. The van der Waals surface area contributed by atoms with Crippen LogP contribution in [0.1, 0.15) is 9.75 Å². The summed E-state index contributed by atoms with van der Waals surface area (Å²) in [5, 5.41) is 8.92. The topological polar surface area (TPSA) is 49.8 Å². The van der Waals surface area contributed by atoms with Gasteiger partial charge < -0.3 is 5.73 Å². The van der Waals surface area contributed by atoms with Crippen molar-refractivity contribution in [2.24, 2.45) is 0 Å². The van der Waals surface area contributed by atoms with Crippen molar-refractivity contribution in [3.63, 3.8) is 0 Å². The van der Waals surface area contributed by atoms with Gasteiger partial charge in [0.2, 0.25) is 0 Å². The number of rotatable bonds is 1. The first-order valence-electron chi connectivity index (χ1n) is 4.68. The zero-order valence-electron chi connectivity index (χ0n) is 8.62. The van der Waals surface area contributed by atoms with Crippen molar-refractivity contribution >= 4 is 33.0 Å². The molecule has 0 saturated heterocycles. The summed E-state index contributed by atoms with van der Waals surface area (Å²) in [5.41, 5.74) is 8.58. The minimum absolute atomic E-state index is 0.590. The number of aryl methyl sites for hydroxylation is 1. The van der Waals surface area contributed by atoms with Crippen LogP contribution < -0.4 is 5.73 Å². The second kappa shape index (κ2) is 4.28. The predicted octanol–water partition coefficient (Wildman–Crippen LogP) is 3.94. The Bertz CT molecular complexity index is 564. The second-order valence-electron chi connectivity index (χ2n) is 3.39. The minimum Gasteiger partial charge on any atom is -0.396 e. The summed E-state index contributed by atoms with van der Waals surface area (Å²) in [5.74, 6) is 0. The van der Waals surface area contributed by atoms with Gasteiger partial charge in [-0.2, -0.15) is 5.26 Å². The molecule has 0 radical (unpaired) electrons. The maximum absolute atomic E-state index is 8.92. The van der Waals surface area contributed by atoms with Gasteiger partial charge in [-0.1, -0.05) is 28.1 Å². The SMILES string of the molecule is Cc1sc(C#N)c(N)c1-c1ccc(Br)cc1. The lowest BCUT2D eigenvalue weighted by atomic mass is 10.1. The van der Waals surface area contributed by atoms with Crippen LogP contribution in [0.2, 0.25) is 0 Å². The van der Waals surface area contributed by atoms with Crippen molar-refractivity contribution in [2.75, 3.05) is 5.73 Å². The molecule has 0 aliphatic rings. The van der Waals surface area contributed by atoms with Gasteiger partial charge in [0.05, 0.1) is 5.69 Å². The number of hydrogen-bond donors (Lipinski definition) is 1. The van der Waals surface area contributed by atoms with Crippen LogP contribution in [0.3, 0.4) is 0 Å². The lowest BCUT2D eigenvalue weighted by molar-refractivity contribution is 1.52. The van der Waals surface area contributed by atoms with Crippen molar-refractivity contribution in [1.82, 2.24) is 0 Å². The van der Waals surface area contributed by atoms with E-state index in [1.165, 1.54) is 11.3 Å². The Morgan fingerprint density at radius 3 is 2.44 bits per heavy atom. The number of nitrogen functional groups attached to an aromatic ring is 1. The van der Waals surface area contributed by atoms with E-state index in [4.69, 9.17) is 11.0 Å². The fraction of sp³-hybridized carbons (Fsp3) is 0.0833. The molecule has 1 heterocycles. The minimum atomic E-state index is 0.590. The van der Waals surface area contributed by atoms with Crippen LogP contribution in [0.25, 0.3) is 11.1 Å². The number of benzene rings is 1. The molecule has 2 rings (SSSR count). The molecule has 2 N–H and O–H groups in total. The number of nitriles is 1. The van der Waals surface area contributed by atoms with Crippen LogP contribution in [0.4, 0.5) is 5.69 Å². The molecule has 16 heavy (non-hydrogen) atoms. The normalized spacial score (nSPS) is 10.1. The number of anilines is 1. The molecule has 0 aliphatic heterocycles. The molecule has 0 saturated carbocycles. The third-order valence-corrected chi connectivity index (χ3v) is 3.91. The Hall–Kier alpha value is -1.31. The van der Waals surface area contributed by atoms with E-state index in [9.17, 15) is 0 Å². The van der Waals surface area contributed by atoms with Crippen LogP contribution in [0.15, 0.2) is 28.7 Å². The zero-order valence-corrected chi connectivity index (χ0v) is 11.0. The monoisotopic (exact) mass is 292 g/mol. The Labute approximate surface area is 106 Å². The summed E-state index contributed by atoms with van der Waals surface area (Å²) in [7, 11) is 0. The van der Waals surface area contributed by atoms with Crippen molar-refractivity contribution in [1.29, 1.82) is 5.26 Å². The van der Waals surface area contributed by atoms with Crippen molar-refractivity contribution in [3.05, 3.63) is 38.5 Å². The smallest absolute Gasteiger partial charge is 0.128 e. The van der Waals surface area contributed by atoms with Crippen LogP contribution in [0, 0.1) is 18.3 Å². The molecule has 1 aromatic carbocycles. The molecular weight excluding hydrogens is 284 g/mol. The Kier molecular flexibility index (Phi) is 2.99. The summed E-state index contributed by atoms with van der Waals surface area (Å²) in [6.45, 7) is 1.99. The first-order chi connectivity index (χ1) is 7.63. The summed E-state index contributed by atoms with van der Waals surface area (Å²) in [4.78, 5) is 1.67. The van der Waals surface area contributed by atoms with Gasteiger partial charge in [0, 0.05) is 14.9 Å². The molecule has 0 amide bonds. The third kappa shape index (κ3) is 1.84.